The molecule has 2 amide bonds. The Morgan fingerprint density at radius 1 is 1.19 bits per heavy atom. The molecule has 202 valence electrons. The van der Waals surface area contributed by atoms with Crippen LogP contribution in [-0.4, -0.2) is 81.4 Å². The van der Waals surface area contributed by atoms with Crippen LogP contribution in [-0.2, 0) is 16.4 Å². The van der Waals surface area contributed by atoms with E-state index in [1.54, 1.807) is 13.1 Å². The summed E-state index contributed by atoms with van der Waals surface area (Å²) < 4.78 is 30.8. The Balaban J connectivity index is 1.90. The summed E-state index contributed by atoms with van der Waals surface area (Å²) in [5.41, 5.74) is 1.06. The molecule has 37 heavy (non-hydrogen) atoms. The van der Waals surface area contributed by atoms with E-state index in [1.807, 2.05) is 0 Å². The molecule has 1 atom stereocenters. The van der Waals surface area contributed by atoms with Crippen LogP contribution in [0, 0.1) is 0 Å². The van der Waals surface area contributed by atoms with Crippen LogP contribution in [0.1, 0.15) is 35.7 Å². The average molecular weight is 573 g/mol. The number of rotatable bonds is 8. The molecule has 1 N–H and O–H groups in total. The van der Waals surface area contributed by atoms with Gasteiger partial charge in [-0.15, -0.1) is 0 Å². The van der Waals surface area contributed by atoms with Crippen LogP contribution in [0.3, 0.4) is 0 Å². The van der Waals surface area contributed by atoms with Crippen LogP contribution in [0.25, 0.3) is 0 Å². The van der Waals surface area contributed by atoms with Crippen molar-refractivity contribution in [3.63, 3.8) is 0 Å². The van der Waals surface area contributed by atoms with Crippen molar-refractivity contribution < 1.29 is 27.9 Å². The lowest BCUT2D eigenvalue weighted by Crippen LogP contribution is -2.47. The van der Waals surface area contributed by atoms with Gasteiger partial charge < -0.3 is 19.6 Å². The second-order valence-electron chi connectivity index (χ2n) is 8.94. The van der Waals surface area contributed by atoms with Crippen LogP contribution in [0.5, 0.6) is 5.75 Å². The number of carboxylic acid groups (broad SMARTS) is 1. The Kier molecular flexibility index (Phi) is 9.33. The maximum atomic E-state index is 13.4. The third kappa shape index (κ3) is 6.49. The van der Waals surface area contributed by atoms with Crippen molar-refractivity contribution in [2.45, 2.75) is 37.2 Å². The lowest BCUT2D eigenvalue weighted by Gasteiger charge is -2.36. The number of carbonyl (C=O) groups is 2. The first-order chi connectivity index (χ1) is 17.4. The van der Waals surface area contributed by atoms with Gasteiger partial charge in [0.2, 0.25) is 0 Å². The number of piperidine rings is 1. The third-order valence-corrected chi connectivity index (χ3v) is 8.98. The summed E-state index contributed by atoms with van der Waals surface area (Å²) in [7, 11) is 0.907. The predicted molar refractivity (Wildman–Crippen MR) is 144 cm³/mol. The van der Waals surface area contributed by atoms with Gasteiger partial charge in [0.05, 0.1) is 23.4 Å². The maximum absolute atomic E-state index is 13.4. The minimum atomic E-state index is -3.62. The normalized spacial score (nSPS) is 16.3. The molecule has 0 saturated carbocycles. The molecule has 12 heteroatoms. The molecule has 0 aromatic heterocycles. The largest absolute Gasteiger partial charge is 0.496 e. The fourth-order valence-electron chi connectivity index (χ4n) is 4.42. The van der Waals surface area contributed by atoms with E-state index in [-0.39, 0.29) is 27.9 Å². The zero-order valence-electron chi connectivity index (χ0n) is 21.2. The number of likely N-dealkylation sites (N-methyl/N-ethyl adjacent to an activating group) is 1. The highest BCUT2D eigenvalue weighted by Crippen LogP contribution is 2.34. The molecule has 0 aliphatic carbocycles. The molecule has 0 spiro atoms. The quantitative estimate of drug-likeness (QED) is 0.491. The first kappa shape index (κ1) is 29.0. The van der Waals surface area contributed by atoms with Crippen LogP contribution >= 0.6 is 23.2 Å². The van der Waals surface area contributed by atoms with Crippen LogP contribution in [0.2, 0.25) is 10.0 Å². The van der Waals surface area contributed by atoms with Gasteiger partial charge in [-0.05, 0) is 49.7 Å². The molecule has 2 aromatic rings. The number of ether oxygens (including phenoxy) is 1. The summed E-state index contributed by atoms with van der Waals surface area (Å²) >= 11 is 12.8. The van der Waals surface area contributed by atoms with Gasteiger partial charge >= 0.3 is 6.09 Å². The summed E-state index contributed by atoms with van der Waals surface area (Å²) in [6.45, 7) is 3.28. The zero-order chi connectivity index (χ0) is 27.5. The molecule has 1 aliphatic heterocycles. The van der Waals surface area contributed by atoms with E-state index in [9.17, 15) is 23.1 Å². The van der Waals surface area contributed by atoms with E-state index >= 15 is 0 Å². The molecule has 1 aliphatic rings. The Morgan fingerprint density at radius 2 is 1.89 bits per heavy atom. The number of benzene rings is 2. The summed E-state index contributed by atoms with van der Waals surface area (Å²) in [4.78, 5) is 29.5. The van der Waals surface area contributed by atoms with Gasteiger partial charge in [0.15, 0.2) is 9.84 Å². The highest BCUT2D eigenvalue weighted by atomic mass is 35.5. The topological polar surface area (TPSA) is 107 Å². The molecule has 0 bridgehead atoms. The number of methoxy groups -OCH3 is 1. The molecule has 9 nitrogen and oxygen atoms in total. The van der Waals surface area contributed by atoms with Gasteiger partial charge in [-0.1, -0.05) is 30.1 Å². The molecule has 1 saturated heterocycles. The Bertz CT molecular complexity index is 1290. The Hall–Kier alpha value is -2.53. The van der Waals surface area contributed by atoms with E-state index in [0.717, 1.165) is 19.4 Å². The predicted octanol–water partition coefficient (Wildman–Crippen LogP) is 4.65. The second kappa shape index (κ2) is 11.9. The van der Waals surface area contributed by atoms with Crippen LogP contribution in [0.4, 0.5) is 10.5 Å². The van der Waals surface area contributed by atoms with Crippen molar-refractivity contribution >= 4 is 50.7 Å². The monoisotopic (exact) mass is 571 g/mol. The maximum Gasteiger partial charge on any atom is 0.407 e. The van der Waals surface area contributed by atoms with E-state index in [2.05, 4.69) is 4.90 Å². The number of amides is 2. The molecule has 2 aromatic carbocycles. The Morgan fingerprint density at radius 3 is 2.51 bits per heavy atom. The smallest absolute Gasteiger partial charge is 0.407 e. The van der Waals surface area contributed by atoms with E-state index < -0.39 is 21.8 Å². The molecular weight excluding hydrogens is 541 g/mol. The number of hydrogen-bond donors (Lipinski definition) is 1. The standard InChI is InChI=1S/C25H31Cl2N3O6S/c1-5-37(34,35)23-9-8-17(26)13-21(23)29(3)24(31)16-11-20(27)19(22(12-16)36-4)15-30-10-6-7-18(14-30)28(2)25(32)33/h8-9,11-13,18H,5-7,10,14-15H2,1-4H3,(H,32,33)/t18-/m0/s1. The minimum absolute atomic E-state index is 0.0101. The molecule has 1 fully saturated rings. The second-order valence-corrected chi connectivity index (χ2v) is 12.0. The minimum Gasteiger partial charge on any atom is -0.496 e. The number of nitrogens with zero attached hydrogens (tertiary/aromatic N) is 3. The third-order valence-electron chi connectivity index (χ3n) is 6.64. The van der Waals surface area contributed by atoms with Gasteiger partial charge in [-0.25, -0.2) is 13.2 Å². The fraction of sp³-hybridized carbons (Fsp3) is 0.440. The summed E-state index contributed by atoms with van der Waals surface area (Å²) in [6.07, 6.45) is 0.652. The molecular formula is C25H31Cl2N3O6S. The Labute approximate surface area is 227 Å². The first-order valence-corrected chi connectivity index (χ1v) is 14.1. The number of halogens is 2. The van der Waals surface area contributed by atoms with Gasteiger partial charge in [0.25, 0.3) is 5.91 Å². The fourth-order valence-corrected chi connectivity index (χ4v) is 5.95. The van der Waals surface area contributed by atoms with Crippen molar-refractivity contribution in [3.05, 3.63) is 51.5 Å². The lowest BCUT2D eigenvalue weighted by atomic mass is 10.0. The highest BCUT2D eigenvalue weighted by molar-refractivity contribution is 7.91. The lowest BCUT2D eigenvalue weighted by molar-refractivity contribution is 0.0949. The van der Waals surface area contributed by atoms with Crippen molar-refractivity contribution in [1.82, 2.24) is 9.80 Å². The number of hydrogen-bond acceptors (Lipinski definition) is 6. The number of anilines is 1. The van der Waals surface area contributed by atoms with Gasteiger partial charge in [0.1, 0.15) is 5.75 Å². The molecule has 1 heterocycles. The van der Waals surface area contributed by atoms with Crippen molar-refractivity contribution in [1.29, 1.82) is 0 Å². The van der Waals surface area contributed by atoms with Crippen molar-refractivity contribution in [2.24, 2.45) is 0 Å². The highest BCUT2D eigenvalue weighted by Gasteiger charge is 2.28. The van der Waals surface area contributed by atoms with E-state index in [0.29, 0.717) is 34.4 Å². The van der Waals surface area contributed by atoms with Crippen LogP contribution < -0.4 is 9.64 Å². The summed E-state index contributed by atoms with van der Waals surface area (Å²) in [6, 6.07) is 7.28. The van der Waals surface area contributed by atoms with Crippen molar-refractivity contribution in [3.8, 4) is 5.75 Å². The summed E-state index contributed by atoms with van der Waals surface area (Å²) in [5.74, 6) is -0.203. The zero-order valence-corrected chi connectivity index (χ0v) is 23.5. The average Bonchev–Trinajstić information content (AvgIpc) is 2.88. The SMILES string of the molecule is CCS(=O)(=O)c1ccc(Cl)cc1N(C)C(=O)c1cc(Cl)c(CN2CCC[C@H](N(C)C(=O)O)C2)c(OC)c1. The van der Waals surface area contributed by atoms with Gasteiger partial charge in [0, 0.05) is 54.4 Å². The van der Waals surface area contributed by atoms with E-state index in [4.69, 9.17) is 27.9 Å². The van der Waals surface area contributed by atoms with Crippen molar-refractivity contribution in [2.75, 3.05) is 44.9 Å². The number of carbonyl (C=O) groups excluding carboxylic acids is 1. The van der Waals surface area contributed by atoms with Gasteiger partial charge in [-0.3, -0.25) is 9.69 Å². The molecule has 0 radical (unpaired) electrons. The van der Waals surface area contributed by atoms with E-state index in [1.165, 1.54) is 55.1 Å². The summed E-state index contributed by atoms with van der Waals surface area (Å²) in [5, 5.41) is 9.94. The molecule has 3 rings (SSSR count). The van der Waals surface area contributed by atoms with Crippen LogP contribution in [0.15, 0.2) is 35.2 Å². The van der Waals surface area contributed by atoms with Gasteiger partial charge in [-0.2, -0.15) is 0 Å². The number of likely N-dealkylation sites (tertiary alicyclic amines) is 1. The first-order valence-electron chi connectivity index (χ1n) is 11.7. The number of sulfone groups is 1. The molecule has 0 unspecified atom stereocenters.